The number of aromatic amines is 1. The van der Waals surface area contributed by atoms with Gasteiger partial charge in [0.15, 0.2) is 0 Å². The van der Waals surface area contributed by atoms with Crippen molar-refractivity contribution in [3.63, 3.8) is 0 Å². The summed E-state index contributed by atoms with van der Waals surface area (Å²) in [5, 5.41) is 0. The number of sulfonamides is 1. The number of hydrogen-bond acceptors (Lipinski definition) is 3. The van der Waals surface area contributed by atoms with Gasteiger partial charge >= 0.3 is 0 Å². The lowest BCUT2D eigenvalue weighted by Crippen LogP contribution is -2.13. The van der Waals surface area contributed by atoms with Crippen molar-refractivity contribution in [3.8, 4) is 0 Å². The molecule has 0 saturated carbocycles. The molecule has 2 N–H and O–H groups in total. The maximum Gasteiger partial charge on any atom is 0.261 e. The molecule has 0 unspecified atom stereocenters. The van der Waals surface area contributed by atoms with Gasteiger partial charge in [0.1, 0.15) is 5.82 Å². The van der Waals surface area contributed by atoms with E-state index in [1.807, 2.05) is 31.2 Å². The van der Waals surface area contributed by atoms with Crippen molar-refractivity contribution < 1.29 is 8.42 Å². The number of benzene rings is 3. The van der Waals surface area contributed by atoms with Crippen LogP contribution in [0.25, 0.3) is 11.0 Å². The first-order valence-electron chi connectivity index (χ1n) is 9.53. The van der Waals surface area contributed by atoms with E-state index in [1.54, 1.807) is 30.3 Å². The average Bonchev–Trinajstić information content (AvgIpc) is 3.09. The molecule has 5 nitrogen and oxygen atoms in total. The Morgan fingerprint density at radius 3 is 2.41 bits per heavy atom. The van der Waals surface area contributed by atoms with E-state index in [0.29, 0.717) is 5.69 Å². The van der Waals surface area contributed by atoms with E-state index in [2.05, 4.69) is 33.7 Å². The molecule has 3 aromatic carbocycles. The third-order valence-electron chi connectivity index (χ3n) is 4.84. The largest absolute Gasteiger partial charge is 0.342 e. The molecule has 0 radical (unpaired) electrons. The summed E-state index contributed by atoms with van der Waals surface area (Å²) in [6.45, 7) is 3.94. The van der Waals surface area contributed by atoms with Crippen LogP contribution in [-0.2, 0) is 22.9 Å². The molecule has 0 spiro atoms. The molecule has 0 amide bonds. The van der Waals surface area contributed by atoms with Crippen molar-refractivity contribution in [2.45, 2.75) is 31.6 Å². The molecule has 148 valence electrons. The summed E-state index contributed by atoms with van der Waals surface area (Å²) >= 11 is 0. The van der Waals surface area contributed by atoms with Gasteiger partial charge in [-0.2, -0.15) is 0 Å². The average molecular weight is 406 g/mol. The van der Waals surface area contributed by atoms with E-state index in [0.717, 1.165) is 40.8 Å². The summed E-state index contributed by atoms with van der Waals surface area (Å²) in [4.78, 5) is 8.26. The maximum atomic E-state index is 12.5. The van der Waals surface area contributed by atoms with Gasteiger partial charge in [-0.15, -0.1) is 0 Å². The zero-order valence-electron chi connectivity index (χ0n) is 16.4. The molecule has 0 saturated heterocycles. The highest BCUT2D eigenvalue weighted by Crippen LogP contribution is 2.19. The fourth-order valence-corrected chi connectivity index (χ4v) is 4.46. The predicted molar refractivity (Wildman–Crippen MR) is 117 cm³/mol. The van der Waals surface area contributed by atoms with Gasteiger partial charge in [-0.3, -0.25) is 4.72 Å². The third kappa shape index (κ3) is 4.49. The van der Waals surface area contributed by atoms with Crippen LogP contribution in [0.2, 0.25) is 0 Å². The quantitative estimate of drug-likeness (QED) is 0.485. The number of aromatic nitrogens is 2. The van der Waals surface area contributed by atoms with Gasteiger partial charge in [0.25, 0.3) is 10.0 Å². The fraction of sp³-hybridized carbons (Fsp3) is 0.174. The van der Waals surface area contributed by atoms with Gasteiger partial charge in [0.2, 0.25) is 0 Å². The van der Waals surface area contributed by atoms with Crippen molar-refractivity contribution in [1.82, 2.24) is 9.97 Å². The maximum absolute atomic E-state index is 12.5. The van der Waals surface area contributed by atoms with Gasteiger partial charge in [0.05, 0.1) is 15.9 Å². The van der Waals surface area contributed by atoms with Crippen molar-refractivity contribution in [2.24, 2.45) is 0 Å². The Kier molecular flexibility index (Phi) is 5.11. The highest BCUT2D eigenvalue weighted by atomic mass is 32.2. The Hall–Kier alpha value is -3.12. The van der Waals surface area contributed by atoms with Crippen molar-refractivity contribution in [3.05, 3.63) is 89.2 Å². The number of fused-ring (bicyclic) bond motifs is 1. The third-order valence-corrected chi connectivity index (χ3v) is 6.22. The van der Waals surface area contributed by atoms with Crippen LogP contribution in [0.3, 0.4) is 0 Å². The van der Waals surface area contributed by atoms with Crippen LogP contribution in [0.15, 0.2) is 71.6 Å². The van der Waals surface area contributed by atoms with Crippen LogP contribution in [0, 0.1) is 13.8 Å². The van der Waals surface area contributed by atoms with Gasteiger partial charge in [-0.25, -0.2) is 13.4 Å². The van der Waals surface area contributed by atoms with Gasteiger partial charge in [-0.1, -0.05) is 30.3 Å². The number of H-pyrrole nitrogens is 1. The molecule has 4 rings (SSSR count). The Labute approximate surface area is 170 Å². The van der Waals surface area contributed by atoms with Crippen molar-refractivity contribution >= 4 is 26.7 Å². The van der Waals surface area contributed by atoms with E-state index >= 15 is 0 Å². The van der Waals surface area contributed by atoms with E-state index in [4.69, 9.17) is 0 Å². The summed E-state index contributed by atoms with van der Waals surface area (Å²) in [7, 11) is -3.59. The molecule has 1 aromatic heterocycles. The summed E-state index contributed by atoms with van der Waals surface area (Å²) in [6.07, 6.45) is 1.62. The van der Waals surface area contributed by atoms with Gasteiger partial charge in [-0.05, 0) is 73.4 Å². The summed E-state index contributed by atoms with van der Waals surface area (Å²) in [5.41, 5.74) is 5.82. The molecule has 0 aliphatic rings. The molecular formula is C23H23N3O2S. The van der Waals surface area contributed by atoms with E-state index in [9.17, 15) is 8.42 Å². The molecule has 0 fully saturated rings. The Bertz CT molecular complexity index is 1260. The molecule has 0 bridgehead atoms. The van der Waals surface area contributed by atoms with E-state index in [-0.39, 0.29) is 4.90 Å². The minimum absolute atomic E-state index is 0.265. The van der Waals surface area contributed by atoms with Gasteiger partial charge < -0.3 is 4.98 Å². The number of rotatable bonds is 6. The first-order valence-corrected chi connectivity index (χ1v) is 11.0. The van der Waals surface area contributed by atoms with Crippen LogP contribution in [0.5, 0.6) is 0 Å². The zero-order valence-corrected chi connectivity index (χ0v) is 17.3. The number of anilines is 1. The number of nitrogens with one attached hydrogen (secondary N) is 2. The summed E-state index contributed by atoms with van der Waals surface area (Å²) in [5.74, 6) is 0.954. The molecule has 0 atom stereocenters. The smallest absolute Gasteiger partial charge is 0.261 e. The molecule has 4 aromatic rings. The Morgan fingerprint density at radius 1 is 0.897 bits per heavy atom. The second kappa shape index (κ2) is 7.72. The highest BCUT2D eigenvalue weighted by molar-refractivity contribution is 7.92. The van der Waals surface area contributed by atoms with Gasteiger partial charge in [0, 0.05) is 12.1 Å². The molecular weight excluding hydrogens is 382 g/mol. The molecule has 0 aliphatic heterocycles. The molecule has 6 heteroatoms. The summed E-state index contributed by atoms with van der Waals surface area (Å²) in [6, 6.07) is 20.5. The SMILES string of the molecule is Cc1cccc(S(=O)(=O)Nc2ccc(CCc3nc4ccc(C)cc4[nH]3)cc2)c1. The van der Waals surface area contributed by atoms with E-state index in [1.165, 1.54) is 5.56 Å². The number of hydrogen-bond donors (Lipinski definition) is 2. The lowest BCUT2D eigenvalue weighted by Gasteiger charge is -2.09. The van der Waals surface area contributed by atoms with E-state index < -0.39 is 10.0 Å². The normalized spacial score (nSPS) is 11.7. The topological polar surface area (TPSA) is 74.8 Å². The predicted octanol–water partition coefficient (Wildman–Crippen LogP) is 4.77. The lowest BCUT2D eigenvalue weighted by atomic mass is 10.1. The standard InChI is InChI=1S/C23H23N3O2S/c1-16-4-3-5-20(14-16)29(27,28)26-19-10-7-18(8-11-19)9-13-23-24-21-12-6-17(2)15-22(21)25-23/h3-8,10-12,14-15,26H,9,13H2,1-2H3,(H,24,25). The second-order valence-electron chi connectivity index (χ2n) is 7.32. The van der Waals surface area contributed by atoms with Crippen LogP contribution < -0.4 is 4.72 Å². The molecule has 1 heterocycles. The lowest BCUT2D eigenvalue weighted by molar-refractivity contribution is 0.601. The van der Waals surface area contributed by atoms with Crippen LogP contribution in [0.1, 0.15) is 22.5 Å². The zero-order chi connectivity index (χ0) is 20.4. The Morgan fingerprint density at radius 2 is 1.66 bits per heavy atom. The molecule has 29 heavy (non-hydrogen) atoms. The minimum atomic E-state index is -3.59. The second-order valence-corrected chi connectivity index (χ2v) is 9.01. The number of nitrogens with zero attached hydrogens (tertiary/aromatic N) is 1. The monoisotopic (exact) mass is 405 g/mol. The first kappa shape index (κ1) is 19.2. The molecule has 0 aliphatic carbocycles. The minimum Gasteiger partial charge on any atom is -0.342 e. The highest BCUT2D eigenvalue weighted by Gasteiger charge is 2.14. The number of imidazole rings is 1. The van der Waals surface area contributed by atoms with Crippen LogP contribution >= 0.6 is 0 Å². The van der Waals surface area contributed by atoms with Crippen LogP contribution in [0.4, 0.5) is 5.69 Å². The van der Waals surface area contributed by atoms with Crippen molar-refractivity contribution in [1.29, 1.82) is 0 Å². The first-order chi connectivity index (χ1) is 13.9. The Balaban J connectivity index is 1.42. The number of aryl methyl sites for hydroxylation is 4. The van der Waals surface area contributed by atoms with Crippen molar-refractivity contribution in [2.75, 3.05) is 4.72 Å². The van der Waals surface area contributed by atoms with Crippen LogP contribution in [-0.4, -0.2) is 18.4 Å². The summed E-state index contributed by atoms with van der Waals surface area (Å²) < 4.78 is 27.7. The fourth-order valence-electron chi connectivity index (χ4n) is 3.29.